The Kier molecular flexibility index (Phi) is 4.79. The van der Waals surface area contributed by atoms with Crippen molar-refractivity contribution in [3.8, 4) is 17.2 Å². The van der Waals surface area contributed by atoms with Crippen LogP contribution >= 0.6 is 0 Å². The van der Waals surface area contributed by atoms with Gasteiger partial charge in [0, 0.05) is 17.6 Å². The van der Waals surface area contributed by atoms with Crippen molar-refractivity contribution in [1.82, 2.24) is 14.5 Å². The number of aromatic nitrogens is 3. The highest BCUT2D eigenvalue weighted by Crippen LogP contribution is 2.33. The molecule has 0 aliphatic rings. The quantitative estimate of drug-likeness (QED) is 0.430. The molecule has 2 heterocycles. The van der Waals surface area contributed by atoms with Crippen molar-refractivity contribution in [2.24, 2.45) is 5.16 Å². The van der Waals surface area contributed by atoms with Crippen LogP contribution in [-0.2, 0) is 0 Å². The maximum Gasteiger partial charge on any atom is 0.149 e. The first-order chi connectivity index (χ1) is 12.5. The Morgan fingerprint density at radius 1 is 1.19 bits per heavy atom. The minimum absolute atomic E-state index is 0.531. The summed E-state index contributed by atoms with van der Waals surface area (Å²) in [6.07, 6.45) is 2.55. The van der Waals surface area contributed by atoms with Gasteiger partial charge in [-0.3, -0.25) is 4.57 Å². The van der Waals surface area contributed by atoms with E-state index in [1.807, 2.05) is 49.7 Å². The third kappa shape index (κ3) is 2.85. The summed E-state index contributed by atoms with van der Waals surface area (Å²) in [6.45, 7) is 5.74. The fraction of sp³-hybridized carbons (Fsp3) is 0.316. The van der Waals surface area contributed by atoms with E-state index in [-0.39, 0.29) is 0 Å². The van der Waals surface area contributed by atoms with Crippen LogP contribution in [-0.4, -0.2) is 39.7 Å². The molecule has 0 saturated carbocycles. The number of ether oxygens (including phenoxy) is 2. The van der Waals surface area contributed by atoms with Gasteiger partial charge < -0.3 is 14.7 Å². The molecule has 1 N–H and O–H groups in total. The van der Waals surface area contributed by atoms with Gasteiger partial charge in [-0.05, 0) is 38.0 Å². The Labute approximate surface area is 151 Å². The van der Waals surface area contributed by atoms with Crippen LogP contribution in [0.25, 0.3) is 16.7 Å². The molecular weight excluding hydrogens is 332 g/mol. The van der Waals surface area contributed by atoms with E-state index in [1.165, 1.54) is 0 Å². The number of rotatable bonds is 5. The molecule has 2 aromatic heterocycles. The van der Waals surface area contributed by atoms with Gasteiger partial charge in [0.1, 0.15) is 34.4 Å². The number of methoxy groups -OCH3 is 2. The lowest BCUT2D eigenvalue weighted by Crippen LogP contribution is -2.07. The van der Waals surface area contributed by atoms with Crippen LogP contribution in [0.3, 0.4) is 0 Å². The lowest BCUT2D eigenvalue weighted by atomic mass is 10.1. The van der Waals surface area contributed by atoms with Crippen molar-refractivity contribution in [3.05, 3.63) is 41.5 Å². The molecule has 0 radical (unpaired) electrons. The molecule has 3 rings (SSSR count). The van der Waals surface area contributed by atoms with Crippen molar-refractivity contribution >= 4 is 16.7 Å². The average Bonchev–Trinajstić information content (AvgIpc) is 2.98. The number of hydrogen-bond donors (Lipinski definition) is 1. The van der Waals surface area contributed by atoms with Gasteiger partial charge in [-0.25, -0.2) is 9.97 Å². The Balaban J connectivity index is 2.33. The van der Waals surface area contributed by atoms with Gasteiger partial charge in [0.25, 0.3) is 0 Å². The minimum atomic E-state index is 0.531. The summed E-state index contributed by atoms with van der Waals surface area (Å²) in [7, 11) is 3.24. The van der Waals surface area contributed by atoms with E-state index in [0.29, 0.717) is 35.1 Å². The van der Waals surface area contributed by atoms with Gasteiger partial charge in [0.15, 0.2) is 0 Å². The van der Waals surface area contributed by atoms with E-state index in [2.05, 4.69) is 15.1 Å². The van der Waals surface area contributed by atoms with E-state index >= 15 is 0 Å². The number of hydrogen-bond acceptors (Lipinski definition) is 6. The third-order valence-corrected chi connectivity index (χ3v) is 4.32. The predicted molar refractivity (Wildman–Crippen MR) is 100 cm³/mol. The number of oxime groups is 1. The smallest absolute Gasteiger partial charge is 0.149 e. The Hall–Kier alpha value is -3.09. The van der Waals surface area contributed by atoms with Crippen molar-refractivity contribution < 1.29 is 14.7 Å². The Bertz CT molecular complexity index is 992. The third-order valence-electron chi connectivity index (χ3n) is 4.32. The largest absolute Gasteiger partial charge is 0.497 e. The lowest BCUT2D eigenvalue weighted by Gasteiger charge is -2.12. The molecule has 136 valence electrons. The van der Waals surface area contributed by atoms with Crippen molar-refractivity contribution in [2.45, 2.75) is 27.2 Å². The summed E-state index contributed by atoms with van der Waals surface area (Å²) >= 11 is 0. The highest BCUT2D eigenvalue weighted by molar-refractivity contribution is 6.09. The maximum absolute atomic E-state index is 9.37. The molecule has 7 heteroatoms. The van der Waals surface area contributed by atoms with E-state index < -0.39 is 0 Å². The molecule has 0 atom stereocenters. The fourth-order valence-electron chi connectivity index (χ4n) is 3.08. The summed E-state index contributed by atoms with van der Waals surface area (Å²) in [4.78, 5) is 9.15. The molecule has 0 aliphatic carbocycles. The zero-order valence-electron chi connectivity index (χ0n) is 15.6. The summed E-state index contributed by atoms with van der Waals surface area (Å²) in [5, 5.41) is 13.7. The summed E-state index contributed by atoms with van der Waals surface area (Å²) in [5.41, 5.74) is 3.75. The molecule has 0 spiro atoms. The van der Waals surface area contributed by atoms with Gasteiger partial charge in [-0.15, -0.1) is 0 Å². The second-order valence-corrected chi connectivity index (χ2v) is 5.94. The standard InChI is InChI=1S/C19H22N4O3/c1-6-14(22-24)18-17-11(2)10-23(19(17)21-12(3)20-18)15-8-7-13(25-4)9-16(15)26-5/h7-10,24H,6H2,1-5H3. The van der Waals surface area contributed by atoms with Crippen LogP contribution in [0.15, 0.2) is 29.6 Å². The molecule has 3 aromatic rings. The molecule has 0 bridgehead atoms. The SMILES string of the molecule is CCC(=NO)c1nc(C)nc2c1c(C)cn2-c1ccc(OC)cc1OC. The van der Waals surface area contributed by atoms with Gasteiger partial charge in [0.05, 0.1) is 19.9 Å². The summed E-state index contributed by atoms with van der Waals surface area (Å²) in [5.74, 6) is 1.99. The van der Waals surface area contributed by atoms with E-state index in [9.17, 15) is 5.21 Å². The molecule has 0 saturated heterocycles. The van der Waals surface area contributed by atoms with Gasteiger partial charge >= 0.3 is 0 Å². The number of benzene rings is 1. The summed E-state index contributed by atoms with van der Waals surface area (Å²) in [6, 6.07) is 5.63. The molecule has 7 nitrogen and oxygen atoms in total. The molecule has 1 aromatic carbocycles. The Morgan fingerprint density at radius 3 is 2.58 bits per heavy atom. The minimum Gasteiger partial charge on any atom is -0.497 e. The zero-order valence-corrected chi connectivity index (χ0v) is 15.6. The van der Waals surface area contributed by atoms with Crippen LogP contribution in [0.1, 0.15) is 30.4 Å². The highest BCUT2D eigenvalue weighted by atomic mass is 16.5. The topological polar surface area (TPSA) is 81.8 Å². The van der Waals surface area contributed by atoms with E-state index in [0.717, 1.165) is 22.3 Å². The molecule has 0 fully saturated rings. The normalized spacial score (nSPS) is 11.8. The number of aryl methyl sites for hydroxylation is 2. The molecule has 0 aliphatic heterocycles. The van der Waals surface area contributed by atoms with Gasteiger partial charge in [0.2, 0.25) is 0 Å². The van der Waals surface area contributed by atoms with Crippen LogP contribution in [0, 0.1) is 13.8 Å². The molecule has 26 heavy (non-hydrogen) atoms. The first-order valence-corrected chi connectivity index (χ1v) is 8.34. The van der Waals surface area contributed by atoms with E-state index in [4.69, 9.17) is 9.47 Å². The monoisotopic (exact) mass is 354 g/mol. The molecule has 0 unspecified atom stereocenters. The van der Waals surface area contributed by atoms with Crippen LogP contribution in [0.4, 0.5) is 0 Å². The first kappa shape index (κ1) is 17.7. The van der Waals surface area contributed by atoms with Crippen molar-refractivity contribution in [1.29, 1.82) is 0 Å². The van der Waals surface area contributed by atoms with E-state index in [1.54, 1.807) is 14.2 Å². The first-order valence-electron chi connectivity index (χ1n) is 8.34. The predicted octanol–water partition coefficient (Wildman–Crippen LogP) is 3.64. The summed E-state index contributed by atoms with van der Waals surface area (Å²) < 4.78 is 12.8. The second-order valence-electron chi connectivity index (χ2n) is 5.94. The van der Waals surface area contributed by atoms with Gasteiger partial charge in [-0.1, -0.05) is 12.1 Å². The molecule has 0 amide bonds. The average molecular weight is 354 g/mol. The molecular formula is C19H22N4O3. The maximum atomic E-state index is 9.37. The fourth-order valence-corrected chi connectivity index (χ4v) is 3.08. The van der Waals surface area contributed by atoms with Crippen molar-refractivity contribution in [2.75, 3.05) is 14.2 Å². The second kappa shape index (κ2) is 7.03. The van der Waals surface area contributed by atoms with Crippen LogP contribution in [0.2, 0.25) is 0 Å². The Morgan fingerprint density at radius 2 is 1.96 bits per heavy atom. The van der Waals surface area contributed by atoms with Crippen molar-refractivity contribution in [3.63, 3.8) is 0 Å². The zero-order chi connectivity index (χ0) is 18.8. The lowest BCUT2D eigenvalue weighted by molar-refractivity contribution is 0.318. The van der Waals surface area contributed by atoms with Gasteiger partial charge in [-0.2, -0.15) is 0 Å². The highest BCUT2D eigenvalue weighted by Gasteiger charge is 2.19. The number of nitrogens with zero attached hydrogens (tertiary/aromatic N) is 4. The van der Waals surface area contributed by atoms with Crippen LogP contribution < -0.4 is 9.47 Å². The number of fused-ring (bicyclic) bond motifs is 1. The van der Waals surface area contributed by atoms with Crippen LogP contribution in [0.5, 0.6) is 11.5 Å².